The number of nitriles is 1. The Balaban J connectivity index is 1.89. The lowest BCUT2D eigenvalue weighted by molar-refractivity contribution is 0.516. The van der Waals surface area contributed by atoms with Gasteiger partial charge in [-0.2, -0.15) is 5.26 Å². The Labute approximate surface area is 167 Å². The molecular weight excluding hydrogens is 364 g/mol. The van der Waals surface area contributed by atoms with E-state index >= 15 is 0 Å². The van der Waals surface area contributed by atoms with Gasteiger partial charge < -0.3 is 5.73 Å². The van der Waals surface area contributed by atoms with Crippen LogP contribution in [0.3, 0.4) is 0 Å². The van der Waals surface area contributed by atoms with E-state index in [0.29, 0.717) is 5.56 Å². The van der Waals surface area contributed by atoms with Crippen LogP contribution in [0, 0.1) is 11.3 Å². The molecule has 4 nitrogen and oxygen atoms in total. The predicted molar refractivity (Wildman–Crippen MR) is 114 cm³/mol. The first-order valence-electron chi connectivity index (χ1n) is 9.18. The maximum atomic E-state index is 9.87. The standard InChI is InChI=1S/C23H18N4S/c1-23(2)11-14-19(22-26-17-9-5-6-10-18(17)28-22)15(12-24)21(25)27-20(14)13-7-3-4-8-16(13)23/h3-10H,11H2,1-2H3,(H2,25,27). The van der Waals surface area contributed by atoms with Crippen LogP contribution in [-0.4, -0.2) is 9.97 Å². The van der Waals surface area contributed by atoms with Crippen LogP contribution >= 0.6 is 11.3 Å². The van der Waals surface area contributed by atoms with Gasteiger partial charge in [0.2, 0.25) is 0 Å². The molecule has 0 bridgehead atoms. The fraction of sp³-hybridized carbons (Fsp3) is 0.174. The van der Waals surface area contributed by atoms with Crippen molar-refractivity contribution in [2.24, 2.45) is 0 Å². The molecule has 0 spiro atoms. The summed E-state index contributed by atoms with van der Waals surface area (Å²) < 4.78 is 1.10. The molecule has 1 aliphatic rings. The molecule has 0 radical (unpaired) electrons. The maximum Gasteiger partial charge on any atom is 0.142 e. The molecule has 0 unspecified atom stereocenters. The van der Waals surface area contributed by atoms with Gasteiger partial charge in [0.05, 0.1) is 15.9 Å². The van der Waals surface area contributed by atoms with E-state index in [1.807, 2.05) is 24.3 Å². The first-order valence-corrected chi connectivity index (χ1v) is 9.99. The Morgan fingerprint density at radius 2 is 1.82 bits per heavy atom. The second kappa shape index (κ2) is 5.88. The number of nitrogens with two attached hydrogens (primary N) is 1. The average molecular weight is 382 g/mol. The third-order valence-corrected chi connectivity index (χ3v) is 6.53. The van der Waals surface area contributed by atoms with Crippen LogP contribution < -0.4 is 5.73 Å². The number of aromatic nitrogens is 2. The molecule has 0 amide bonds. The summed E-state index contributed by atoms with van der Waals surface area (Å²) in [6.45, 7) is 4.47. The number of thiazole rings is 1. The minimum absolute atomic E-state index is 0.0699. The third kappa shape index (κ3) is 2.35. The fourth-order valence-corrected chi connectivity index (χ4v) is 5.23. The van der Waals surface area contributed by atoms with Crippen LogP contribution in [0.25, 0.3) is 32.0 Å². The van der Waals surface area contributed by atoms with Crippen molar-refractivity contribution in [2.45, 2.75) is 25.7 Å². The second-order valence-electron chi connectivity index (χ2n) is 7.78. The van der Waals surface area contributed by atoms with Crippen molar-refractivity contribution in [1.29, 1.82) is 5.26 Å². The number of nitrogens with zero attached hydrogens (tertiary/aromatic N) is 3. The lowest BCUT2D eigenvalue weighted by Crippen LogP contribution is -2.27. The van der Waals surface area contributed by atoms with Gasteiger partial charge in [-0.05, 0) is 35.1 Å². The van der Waals surface area contributed by atoms with Crippen LogP contribution in [0.4, 0.5) is 5.82 Å². The van der Waals surface area contributed by atoms with Crippen LogP contribution in [0.2, 0.25) is 0 Å². The molecule has 2 heterocycles. The molecule has 0 atom stereocenters. The smallest absolute Gasteiger partial charge is 0.142 e. The van der Waals surface area contributed by atoms with E-state index in [1.54, 1.807) is 11.3 Å². The highest BCUT2D eigenvalue weighted by atomic mass is 32.1. The van der Waals surface area contributed by atoms with Crippen molar-refractivity contribution in [3.05, 3.63) is 65.2 Å². The molecule has 2 N–H and O–H groups in total. The van der Waals surface area contributed by atoms with E-state index < -0.39 is 0 Å². The highest BCUT2D eigenvalue weighted by Crippen LogP contribution is 2.48. The second-order valence-corrected chi connectivity index (χ2v) is 8.81. The maximum absolute atomic E-state index is 9.87. The first kappa shape index (κ1) is 16.9. The van der Waals surface area contributed by atoms with Crippen molar-refractivity contribution in [1.82, 2.24) is 9.97 Å². The van der Waals surface area contributed by atoms with Crippen molar-refractivity contribution >= 4 is 27.4 Å². The van der Waals surface area contributed by atoms with Gasteiger partial charge in [-0.15, -0.1) is 11.3 Å². The first-order chi connectivity index (χ1) is 13.5. The average Bonchev–Trinajstić information content (AvgIpc) is 3.11. The lowest BCUT2D eigenvalue weighted by atomic mass is 9.70. The van der Waals surface area contributed by atoms with Crippen LogP contribution in [0.1, 0.15) is 30.5 Å². The van der Waals surface area contributed by atoms with E-state index in [0.717, 1.165) is 44.0 Å². The SMILES string of the molecule is CC1(C)Cc2c(nc(N)c(C#N)c2-c2nc3ccccc3s2)-c2ccccc21. The molecule has 1 aliphatic carbocycles. The zero-order chi connectivity index (χ0) is 19.5. The number of anilines is 1. The van der Waals surface area contributed by atoms with Crippen molar-refractivity contribution in [2.75, 3.05) is 5.73 Å². The molecule has 136 valence electrons. The highest BCUT2D eigenvalue weighted by Gasteiger charge is 2.35. The summed E-state index contributed by atoms with van der Waals surface area (Å²) in [6, 6.07) is 18.7. The van der Waals surface area contributed by atoms with E-state index in [2.05, 4.69) is 49.2 Å². The topological polar surface area (TPSA) is 75.6 Å². The predicted octanol–water partition coefficient (Wildman–Crippen LogP) is 5.31. The molecule has 5 rings (SSSR count). The molecule has 0 fully saturated rings. The number of hydrogen-bond acceptors (Lipinski definition) is 5. The van der Waals surface area contributed by atoms with Crippen molar-refractivity contribution < 1.29 is 0 Å². The number of benzene rings is 2. The summed E-state index contributed by atoms with van der Waals surface area (Å²) in [5, 5.41) is 10.7. The molecule has 5 heteroatoms. The summed E-state index contributed by atoms with van der Waals surface area (Å²) in [5.41, 5.74) is 12.7. The monoisotopic (exact) mass is 382 g/mol. The summed E-state index contributed by atoms with van der Waals surface area (Å²) in [6.07, 6.45) is 0.784. The fourth-order valence-electron chi connectivity index (χ4n) is 4.18. The van der Waals surface area contributed by atoms with E-state index in [4.69, 9.17) is 10.7 Å². The van der Waals surface area contributed by atoms with E-state index in [-0.39, 0.29) is 11.2 Å². The van der Waals surface area contributed by atoms with Gasteiger partial charge >= 0.3 is 0 Å². The zero-order valence-corrected chi connectivity index (χ0v) is 16.5. The number of rotatable bonds is 1. The Morgan fingerprint density at radius 1 is 1.07 bits per heavy atom. The van der Waals surface area contributed by atoms with Crippen molar-refractivity contribution in [3.8, 4) is 27.9 Å². The van der Waals surface area contributed by atoms with Gasteiger partial charge in [0.1, 0.15) is 22.5 Å². The van der Waals surface area contributed by atoms with Gasteiger partial charge in [0, 0.05) is 11.1 Å². The Kier molecular flexibility index (Phi) is 3.55. The van der Waals surface area contributed by atoms with Crippen LogP contribution in [0.15, 0.2) is 48.5 Å². The van der Waals surface area contributed by atoms with Gasteiger partial charge in [0.25, 0.3) is 0 Å². The number of pyridine rings is 1. The van der Waals surface area contributed by atoms with Crippen LogP contribution in [-0.2, 0) is 11.8 Å². The van der Waals surface area contributed by atoms with E-state index in [1.165, 1.54) is 5.56 Å². The molecule has 28 heavy (non-hydrogen) atoms. The largest absolute Gasteiger partial charge is 0.383 e. The van der Waals surface area contributed by atoms with Gasteiger partial charge in [-0.3, -0.25) is 0 Å². The van der Waals surface area contributed by atoms with Gasteiger partial charge in [-0.25, -0.2) is 9.97 Å². The Hall–Kier alpha value is -3.23. The lowest BCUT2D eigenvalue weighted by Gasteiger charge is -2.34. The number of nitrogen functional groups attached to an aromatic ring is 1. The highest BCUT2D eigenvalue weighted by molar-refractivity contribution is 7.21. The van der Waals surface area contributed by atoms with Gasteiger partial charge in [0.15, 0.2) is 0 Å². The summed E-state index contributed by atoms with van der Waals surface area (Å²) in [5.74, 6) is 0.269. The molecule has 0 aliphatic heterocycles. The normalized spacial score (nSPS) is 14.3. The van der Waals surface area contributed by atoms with Gasteiger partial charge in [-0.1, -0.05) is 50.2 Å². The number of hydrogen-bond donors (Lipinski definition) is 1. The quantitative estimate of drug-likeness (QED) is 0.484. The molecular formula is C23H18N4S. The Bertz CT molecular complexity index is 1260. The molecule has 0 saturated heterocycles. The summed E-state index contributed by atoms with van der Waals surface area (Å²) in [7, 11) is 0. The third-order valence-electron chi connectivity index (χ3n) is 5.48. The molecule has 4 aromatic rings. The molecule has 2 aromatic carbocycles. The van der Waals surface area contributed by atoms with Crippen LogP contribution in [0.5, 0.6) is 0 Å². The Morgan fingerprint density at radius 3 is 2.61 bits per heavy atom. The zero-order valence-electron chi connectivity index (χ0n) is 15.7. The number of fused-ring (bicyclic) bond motifs is 4. The van der Waals surface area contributed by atoms with E-state index in [9.17, 15) is 5.26 Å². The molecule has 0 saturated carbocycles. The van der Waals surface area contributed by atoms with Crippen molar-refractivity contribution in [3.63, 3.8) is 0 Å². The number of para-hydroxylation sites is 1. The summed E-state index contributed by atoms with van der Waals surface area (Å²) >= 11 is 1.60. The summed E-state index contributed by atoms with van der Waals surface area (Å²) in [4.78, 5) is 9.49. The minimum Gasteiger partial charge on any atom is -0.383 e. The molecule has 2 aromatic heterocycles. The minimum atomic E-state index is -0.0699.